The largest absolute Gasteiger partial charge is 0.497 e. The summed E-state index contributed by atoms with van der Waals surface area (Å²) in [6.07, 6.45) is -4.71. The van der Waals surface area contributed by atoms with E-state index in [0.29, 0.717) is 17.4 Å². The second-order valence-corrected chi connectivity index (χ2v) is 8.58. The van der Waals surface area contributed by atoms with Crippen LogP contribution < -0.4 is 9.04 Å². The highest BCUT2D eigenvalue weighted by Crippen LogP contribution is 2.36. The van der Waals surface area contributed by atoms with Crippen LogP contribution in [0.3, 0.4) is 0 Å². The van der Waals surface area contributed by atoms with Crippen molar-refractivity contribution in [1.29, 1.82) is 0 Å². The van der Waals surface area contributed by atoms with Crippen LogP contribution in [0, 0.1) is 0 Å². The lowest BCUT2D eigenvalue weighted by Crippen LogP contribution is -2.31. The van der Waals surface area contributed by atoms with Crippen molar-refractivity contribution in [2.24, 2.45) is 0 Å². The van der Waals surface area contributed by atoms with Gasteiger partial charge in [0.25, 0.3) is 10.0 Å². The van der Waals surface area contributed by atoms with Gasteiger partial charge in [-0.1, -0.05) is 41.9 Å². The highest BCUT2D eigenvalue weighted by atomic mass is 35.5. The molecule has 0 heterocycles. The van der Waals surface area contributed by atoms with Crippen molar-refractivity contribution in [3.63, 3.8) is 0 Å². The Hall–Kier alpha value is -2.71. The third-order valence-electron chi connectivity index (χ3n) is 4.36. The van der Waals surface area contributed by atoms with Crippen molar-refractivity contribution in [2.75, 3.05) is 11.4 Å². The molecule has 3 rings (SSSR count). The summed E-state index contributed by atoms with van der Waals surface area (Å²) in [4.78, 5) is -0.620. The monoisotopic (exact) mass is 455 g/mol. The second-order valence-electron chi connectivity index (χ2n) is 6.34. The minimum absolute atomic E-state index is 0.0952. The number of nitrogens with zero attached hydrogens (tertiary/aromatic N) is 1. The van der Waals surface area contributed by atoms with E-state index in [1.165, 1.54) is 19.2 Å². The van der Waals surface area contributed by atoms with E-state index < -0.39 is 26.7 Å². The molecule has 0 aliphatic heterocycles. The normalized spacial score (nSPS) is 11.9. The average Bonchev–Trinajstić information content (AvgIpc) is 2.72. The van der Waals surface area contributed by atoms with Gasteiger partial charge in [0.05, 0.1) is 29.9 Å². The number of ether oxygens (including phenoxy) is 1. The molecular weight excluding hydrogens is 439 g/mol. The van der Waals surface area contributed by atoms with E-state index in [1.807, 2.05) is 0 Å². The number of benzene rings is 3. The van der Waals surface area contributed by atoms with Crippen LogP contribution in [0.1, 0.15) is 11.1 Å². The molecule has 0 spiro atoms. The van der Waals surface area contributed by atoms with Gasteiger partial charge in [-0.2, -0.15) is 13.2 Å². The van der Waals surface area contributed by atoms with Crippen molar-refractivity contribution in [1.82, 2.24) is 0 Å². The van der Waals surface area contributed by atoms with E-state index in [9.17, 15) is 21.6 Å². The topological polar surface area (TPSA) is 46.6 Å². The summed E-state index contributed by atoms with van der Waals surface area (Å²) in [6.45, 7) is -0.0952. The number of rotatable bonds is 6. The molecule has 3 aromatic rings. The standard InChI is InChI=1S/C21H17ClF3NO3S/c1-29-18-10-8-17(9-11-18)26(14-15-5-3-2-4-6-15)30(27,28)20-13-16(21(23,24)25)7-12-19(20)22/h2-13H,14H2,1H3. The maximum absolute atomic E-state index is 13.4. The highest BCUT2D eigenvalue weighted by molar-refractivity contribution is 7.93. The Labute approximate surface area is 177 Å². The fraction of sp³-hybridized carbons (Fsp3) is 0.143. The van der Waals surface area contributed by atoms with Gasteiger partial charge in [0, 0.05) is 0 Å². The van der Waals surface area contributed by atoms with Crippen molar-refractivity contribution in [2.45, 2.75) is 17.6 Å². The number of hydrogen-bond donors (Lipinski definition) is 0. The molecule has 0 atom stereocenters. The van der Waals surface area contributed by atoms with E-state index in [4.69, 9.17) is 16.3 Å². The summed E-state index contributed by atoms with van der Waals surface area (Å²) in [6, 6.07) is 17.1. The van der Waals surface area contributed by atoms with Crippen molar-refractivity contribution >= 4 is 27.3 Å². The zero-order valence-electron chi connectivity index (χ0n) is 15.7. The predicted octanol–water partition coefficient (Wildman–Crippen LogP) is 5.76. The number of halogens is 4. The zero-order valence-corrected chi connectivity index (χ0v) is 17.3. The van der Waals surface area contributed by atoms with Crippen molar-refractivity contribution < 1.29 is 26.3 Å². The molecular formula is C21H17ClF3NO3S. The van der Waals surface area contributed by atoms with Crippen LogP contribution in [-0.4, -0.2) is 15.5 Å². The van der Waals surface area contributed by atoms with Gasteiger partial charge >= 0.3 is 6.18 Å². The van der Waals surface area contributed by atoms with Crippen LogP contribution in [0.15, 0.2) is 77.7 Å². The number of anilines is 1. The Bertz CT molecular complexity index is 1120. The summed E-state index contributed by atoms with van der Waals surface area (Å²) in [5.74, 6) is 0.507. The molecule has 0 aliphatic carbocycles. The SMILES string of the molecule is COc1ccc(N(Cc2ccccc2)S(=O)(=O)c2cc(C(F)(F)F)ccc2Cl)cc1. The summed E-state index contributed by atoms with van der Waals surface area (Å²) < 4.78 is 72.5. The first kappa shape index (κ1) is 22.0. The Morgan fingerprint density at radius 2 is 1.60 bits per heavy atom. The van der Waals surface area contributed by atoms with E-state index in [-0.39, 0.29) is 17.3 Å². The van der Waals surface area contributed by atoms with E-state index in [0.717, 1.165) is 16.4 Å². The van der Waals surface area contributed by atoms with Gasteiger partial charge in [-0.15, -0.1) is 0 Å². The maximum Gasteiger partial charge on any atom is 0.416 e. The molecule has 4 nitrogen and oxygen atoms in total. The third-order valence-corrected chi connectivity index (χ3v) is 6.61. The van der Waals surface area contributed by atoms with E-state index >= 15 is 0 Å². The Balaban J connectivity index is 2.14. The zero-order chi connectivity index (χ0) is 21.9. The smallest absolute Gasteiger partial charge is 0.416 e. The molecule has 0 radical (unpaired) electrons. The first-order valence-electron chi connectivity index (χ1n) is 8.70. The van der Waals surface area contributed by atoms with Crippen LogP contribution in [-0.2, 0) is 22.7 Å². The molecule has 30 heavy (non-hydrogen) atoms. The molecule has 0 amide bonds. The Morgan fingerprint density at radius 1 is 0.967 bits per heavy atom. The van der Waals surface area contributed by atoms with Gasteiger partial charge in [-0.05, 0) is 48.0 Å². The number of methoxy groups -OCH3 is 1. The lowest BCUT2D eigenvalue weighted by Gasteiger charge is -2.26. The van der Waals surface area contributed by atoms with Crippen LogP contribution >= 0.6 is 11.6 Å². The Kier molecular flexibility index (Phi) is 6.28. The van der Waals surface area contributed by atoms with E-state index in [1.54, 1.807) is 42.5 Å². The lowest BCUT2D eigenvalue weighted by atomic mass is 10.2. The second kappa shape index (κ2) is 8.57. The van der Waals surface area contributed by atoms with Crippen molar-refractivity contribution in [3.05, 3.63) is 88.9 Å². The van der Waals surface area contributed by atoms with Gasteiger partial charge in [0.1, 0.15) is 10.6 Å². The van der Waals surface area contributed by atoms with E-state index in [2.05, 4.69) is 0 Å². The average molecular weight is 456 g/mol. The summed E-state index contributed by atoms with van der Waals surface area (Å²) in [7, 11) is -2.96. The molecule has 0 N–H and O–H groups in total. The maximum atomic E-state index is 13.4. The van der Waals surface area contributed by atoms with Crippen LogP contribution in [0.25, 0.3) is 0 Å². The first-order valence-corrected chi connectivity index (χ1v) is 10.5. The first-order chi connectivity index (χ1) is 14.1. The molecule has 0 saturated heterocycles. The van der Waals surface area contributed by atoms with Gasteiger partial charge in [0.15, 0.2) is 0 Å². The molecule has 0 saturated carbocycles. The highest BCUT2D eigenvalue weighted by Gasteiger charge is 2.34. The van der Waals surface area contributed by atoms with Crippen molar-refractivity contribution in [3.8, 4) is 5.75 Å². The molecule has 158 valence electrons. The quantitative estimate of drug-likeness (QED) is 0.474. The van der Waals surface area contributed by atoms with Gasteiger partial charge in [-0.3, -0.25) is 4.31 Å². The molecule has 0 aromatic heterocycles. The molecule has 9 heteroatoms. The molecule has 0 bridgehead atoms. The molecule has 3 aromatic carbocycles. The van der Waals surface area contributed by atoms with Crippen LogP contribution in [0.4, 0.5) is 18.9 Å². The number of sulfonamides is 1. The fourth-order valence-electron chi connectivity index (χ4n) is 2.81. The lowest BCUT2D eigenvalue weighted by molar-refractivity contribution is -0.137. The third kappa shape index (κ3) is 4.71. The molecule has 0 unspecified atom stereocenters. The summed E-state index contributed by atoms with van der Waals surface area (Å²) in [5.41, 5.74) is -0.187. The summed E-state index contributed by atoms with van der Waals surface area (Å²) in [5, 5.41) is -0.297. The number of alkyl halides is 3. The fourth-order valence-corrected chi connectivity index (χ4v) is 4.76. The van der Waals surface area contributed by atoms with Gasteiger partial charge in [-0.25, -0.2) is 8.42 Å². The molecule has 0 fully saturated rings. The van der Waals surface area contributed by atoms with Gasteiger partial charge in [0.2, 0.25) is 0 Å². The van der Waals surface area contributed by atoms with Crippen LogP contribution in [0.2, 0.25) is 5.02 Å². The predicted molar refractivity (Wildman–Crippen MR) is 109 cm³/mol. The summed E-state index contributed by atoms with van der Waals surface area (Å²) >= 11 is 6.02. The van der Waals surface area contributed by atoms with Gasteiger partial charge < -0.3 is 4.74 Å². The number of hydrogen-bond acceptors (Lipinski definition) is 3. The molecule has 0 aliphatic rings. The minimum atomic E-state index is -4.71. The van der Waals surface area contributed by atoms with Crippen LogP contribution in [0.5, 0.6) is 5.75 Å². The Morgan fingerprint density at radius 3 is 2.17 bits per heavy atom. The minimum Gasteiger partial charge on any atom is -0.497 e.